The Morgan fingerprint density at radius 3 is 2.28 bits per heavy atom. The van der Waals surface area contributed by atoms with Crippen molar-refractivity contribution in [2.75, 3.05) is 91.6 Å². The number of fused-ring (bicyclic) bond motifs is 5. The average molecular weight is 1620 g/mol. The molecule has 1 saturated carbocycles. The second-order valence-corrected chi connectivity index (χ2v) is 31.3. The fraction of sp³-hybridized carbons (Fsp3) is 0.651. The third-order valence-corrected chi connectivity index (χ3v) is 22.4. The van der Waals surface area contributed by atoms with Gasteiger partial charge in [0.05, 0.1) is 81.7 Å². The molecule has 3 amide bonds. The molecule has 1 aromatic carbocycles. The third kappa shape index (κ3) is 26.2. The zero-order valence-electron chi connectivity index (χ0n) is 68.5. The largest absolute Gasteiger partial charge is 0.459 e. The third-order valence-electron chi connectivity index (χ3n) is 22.4. The number of anilines is 2. The summed E-state index contributed by atoms with van der Waals surface area (Å²) in [5.74, 6) is -9.10. The Labute approximate surface area is 677 Å². The number of hydrogen-bond acceptors (Lipinski definition) is 28. The number of oxazole rings is 1. The molecule has 7 heterocycles. The number of Topliss-reactive ketones (excluding diaryl/α,β-unsaturated/α-hetero) is 3. The number of rotatable bonds is 32. The van der Waals surface area contributed by atoms with Gasteiger partial charge in [-0.25, -0.2) is 24.1 Å². The number of ether oxygens (including phenoxy) is 8. The minimum Gasteiger partial charge on any atom is -0.459 e. The summed E-state index contributed by atoms with van der Waals surface area (Å²) in [6.45, 7) is 14.7. The van der Waals surface area contributed by atoms with Crippen molar-refractivity contribution in [2.45, 2.75) is 237 Å². The first kappa shape index (κ1) is 91.3. The number of carbonyl (C=O) groups excluding carboxylic acids is 7. The van der Waals surface area contributed by atoms with E-state index >= 15 is 0 Å². The van der Waals surface area contributed by atoms with Crippen molar-refractivity contribution in [1.82, 2.24) is 55.3 Å². The van der Waals surface area contributed by atoms with Crippen LogP contribution in [0.25, 0.3) is 33.4 Å². The molecule has 0 spiro atoms. The Kier molecular flexibility index (Phi) is 35.7. The number of benzene rings is 1. The van der Waals surface area contributed by atoms with E-state index in [9.17, 15) is 48.9 Å². The van der Waals surface area contributed by atoms with Crippen molar-refractivity contribution in [1.29, 1.82) is 0 Å². The number of carbonyl (C=O) groups is 7. The van der Waals surface area contributed by atoms with E-state index in [2.05, 4.69) is 35.9 Å². The van der Waals surface area contributed by atoms with Crippen LogP contribution in [0.5, 0.6) is 0 Å². The van der Waals surface area contributed by atoms with Crippen molar-refractivity contribution >= 4 is 75.0 Å². The van der Waals surface area contributed by atoms with Gasteiger partial charge in [0, 0.05) is 108 Å². The van der Waals surface area contributed by atoms with Gasteiger partial charge in [0.15, 0.2) is 17.0 Å². The number of nitrogen functional groups attached to an aromatic ring is 2. The van der Waals surface area contributed by atoms with Crippen LogP contribution in [0.3, 0.4) is 0 Å². The number of ketones is 3. The van der Waals surface area contributed by atoms with E-state index in [0.29, 0.717) is 177 Å². The van der Waals surface area contributed by atoms with Crippen LogP contribution in [0.4, 0.5) is 11.8 Å². The molecule has 15 atom stereocenters. The Morgan fingerprint density at radius 2 is 1.53 bits per heavy atom. The standard InChI is InChI=1S/C83H122N14O19/c1-51-18-10-9-11-19-52(2)67(108-7)47-60-25-22-56(6)83(107,116-60)77(104)80(105)96-32-15-12-21-63(96)81(106)114-68(48-64(98)53(3)43-55(5)75(102)76(103)74(101)54(4)42-51)61(84)44-57-23-26-66(69(45-57)109-8)113-35-17-13-20-59-49-95(94-92-59)34-37-111-39-41-112-40-38-110-36-31-88-71(100)29-28-70(99)87-30-14-16-33-97-79-72(78(85)89-50-90-79)73(93-97)58-24-27-65-62(46-58)91-82(86)115-65/h9-11,18-19,24,27,43,46,49-51,53-54,56-57,60-61,63,66-69,75-76,102-103,107H,12-17,20-23,25-26,28-42,44-45,47-48,84H2,1-8H3,(H2,86,91)(H,87,99)(H,88,100)(H2,85,89,90)/b11-9+,18-10+,52-19+,55-43+/t51?,53?,54?,56-,57?,60+,61-,63+,66?,67?,68?,69-,75-,76+,83-/m1/s1. The van der Waals surface area contributed by atoms with Crippen LogP contribution in [0.2, 0.25) is 0 Å². The molecule has 0 radical (unpaired) electrons. The highest BCUT2D eigenvalue weighted by molar-refractivity contribution is 6.39. The number of cyclic esters (lactones) is 1. The molecule has 116 heavy (non-hydrogen) atoms. The maximum atomic E-state index is 14.7. The maximum Gasteiger partial charge on any atom is 0.329 e. The molecule has 1 aliphatic carbocycles. The molecule has 33 heteroatoms. The summed E-state index contributed by atoms with van der Waals surface area (Å²) < 4.78 is 56.7. The number of aliphatic hydroxyl groups is 3. The minimum absolute atomic E-state index is 0.0223. The van der Waals surface area contributed by atoms with Crippen molar-refractivity contribution in [3.05, 3.63) is 84.0 Å². The van der Waals surface area contributed by atoms with Gasteiger partial charge >= 0.3 is 5.97 Å². The van der Waals surface area contributed by atoms with E-state index in [-0.39, 0.29) is 92.7 Å². The molecule has 4 aliphatic rings. The molecule has 638 valence electrons. The predicted molar refractivity (Wildman–Crippen MR) is 430 cm³/mol. The molecule has 4 aromatic heterocycles. The number of unbranched alkanes of at least 4 members (excludes halogenated alkanes) is 2. The number of hydrogen-bond donors (Lipinski definition) is 8. The molecule has 11 N–H and O–H groups in total. The first-order valence-electron chi connectivity index (χ1n) is 41.1. The summed E-state index contributed by atoms with van der Waals surface area (Å²) in [7, 11) is 3.19. The van der Waals surface area contributed by atoms with Gasteiger partial charge in [-0.2, -0.15) is 10.1 Å². The predicted octanol–water partition coefficient (Wildman–Crippen LogP) is 6.51. The van der Waals surface area contributed by atoms with E-state index in [1.165, 1.54) is 19.3 Å². The number of amides is 3. The highest BCUT2D eigenvalue weighted by Gasteiger charge is 2.53. The number of nitrogens with two attached hydrogens (primary N) is 3. The summed E-state index contributed by atoms with van der Waals surface area (Å²) in [6.07, 6.45) is 16.2. The summed E-state index contributed by atoms with van der Waals surface area (Å²) in [5.41, 5.74) is 24.1. The van der Waals surface area contributed by atoms with Gasteiger partial charge in [-0.15, -0.1) is 5.10 Å². The van der Waals surface area contributed by atoms with Crippen molar-refractivity contribution in [3.8, 4) is 11.3 Å². The number of aryl methyl sites for hydroxylation is 2. The normalized spacial score (nSPS) is 27.8. The molecule has 7 unspecified atom stereocenters. The van der Waals surface area contributed by atoms with Crippen molar-refractivity contribution < 1.29 is 91.2 Å². The lowest BCUT2D eigenvalue weighted by molar-refractivity contribution is -0.265. The maximum absolute atomic E-state index is 14.7. The first-order chi connectivity index (χ1) is 55.7. The van der Waals surface area contributed by atoms with E-state index in [1.807, 2.05) is 62.6 Å². The lowest BCUT2D eigenvalue weighted by Gasteiger charge is -2.42. The molecular formula is C83H122N14O19. The number of methoxy groups -OCH3 is 2. The molecule has 9 rings (SSSR count). The lowest BCUT2D eigenvalue weighted by atomic mass is 9.80. The number of nitrogens with one attached hydrogen (secondary N) is 2. The molecule has 5 aromatic rings. The SMILES string of the molecule is COC1C[C@@H]2CC[C@@H](C)[C@@](O)(O2)C(=O)C(=O)N2CCCC[C@H]2C(=O)OC([C@H](N)CC2CCC(OCCCCc3cn(CCOCCOCCOCCNC(=O)CCC(=O)NCCCCn4nc(-c5ccc6oc(N)nc6c5)c5c(N)ncnc54)nn3)[C@H](OC)C2)CC(=O)C(C)/C=C(\C)[C@@H](O)[C@@H](O)C(=O)C(C)CC(C)/C=C/C=C/C=C/1C. The van der Waals surface area contributed by atoms with Gasteiger partial charge in [0.25, 0.3) is 17.7 Å². The number of piperidine rings is 1. The molecule has 2 saturated heterocycles. The van der Waals surface area contributed by atoms with E-state index in [4.69, 9.17) is 64.6 Å². The monoisotopic (exact) mass is 1620 g/mol. The molecule has 33 nitrogen and oxygen atoms in total. The number of aliphatic hydroxyl groups excluding tert-OH is 2. The average Bonchev–Trinajstić information content (AvgIpc) is 1.47. The van der Waals surface area contributed by atoms with Crippen LogP contribution < -0.4 is 27.8 Å². The van der Waals surface area contributed by atoms with E-state index in [0.717, 1.165) is 34.6 Å². The fourth-order valence-electron chi connectivity index (χ4n) is 15.5. The number of allylic oxidation sites excluding steroid dienone is 6. The van der Waals surface area contributed by atoms with Gasteiger partial charge in [-0.1, -0.05) is 69.4 Å². The van der Waals surface area contributed by atoms with Gasteiger partial charge < -0.3 is 90.4 Å². The molecule has 3 aliphatic heterocycles. The van der Waals surface area contributed by atoms with E-state index < -0.39 is 95.4 Å². The van der Waals surface area contributed by atoms with Crippen LogP contribution >= 0.6 is 0 Å². The van der Waals surface area contributed by atoms with Crippen molar-refractivity contribution in [3.63, 3.8) is 0 Å². The topological polar surface area (TPSA) is 460 Å². The lowest BCUT2D eigenvalue weighted by Crippen LogP contribution is -2.61. The smallest absolute Gasteiger partial charge is 0.329 e. The summed E-state index contributed by atoms with van der Waals surface area (Å²) >= 11 is 0. The number of aromatic nitrogens is 8. The molecule has 2 bridgehead atoms. The zero-order chi connectivity index (χ0) is 83.4. The highest BCUT2D eigenvalue weighted by Crippen LogP contribution is 2.39. The Hall–Kier alpha value is -8.61. The molecule has 3 fully saturated rings. The molecular weight excluding hydrogens is 1500 g/mol. The van der Waals surface area contributed by atoms with Crippen LogP contribution in [0.1, 0.15) is 163 Å². The van der Waals surface area contributed by atoms with Crippen LogP contribution in [-0.2, 0) is 91.0 Å². The summed E-state index contributed by atoms with van der Waals surface area (Å²) in [5, 5.41) is 54.3. The Bertz CT molecular complexity index is 4180. The van der Waals surface area contributed by atoms with Gasteiger partial charge in [-0.3, -0.25) is 28.8 Å². The Morgan fingerprint density at radius 1 is 0.776 bits per heavy atom. The zero-order valence-corrected chi connectivity index (χ0v) is 68.5. The fourth-order valence-corrected chi connectivity index (χ4v) is 15.5. The van der Waals surface area contributed by atoms with Crippen LogP contribution in [-0.4, -0.2) is 242 Å². The van der Waals surface area contributed by atoms with E-state index in [1.54, 1.807) is 50.4 Å². The van der Waals surface area contributed by atoms with Crippen LogP contribution in [0, 0.1) is 29.6 Å². The van der Waals surface area contributed by atoms with Gasteiger partial charge in [0.1, 0.15) is 53.5 Å². The first-order valence-corrected chi connectivity index (χ1v) is 41.1. The summed E-state index contributed by atoms with van der Waals surface area (Å²) in [6, 6.07) is 3.37. The second kappa shape index (κ2) is 45.4. The number of nitrogens with zero attached hydrogens (tertiary/aromatic N) is 9. The summed E-state index contributed by atoms with van der Waals surface area (Å²) in [4.78, 5) is 110. The minimum atomic E-state index is -2.49. The Balaban J connectivity index is 0.651. The number of esters is 1. The second-order valence-electron chi connectivity index (χ2n) is 31.3. The van der Waals surface area contributed by atoms with Crippen LogP contribution in [0.15, 0.2) is 82.7 Å². The van der Waals surface area contributed by atoms with Gasteiger partial charge in [0.2, 0.25) is 17.6 Å². The highest BCUT2D eigenvalue weighted by atomic mass is 16.6. The quantitative estimate of drug-likeness (QED) is 0.00983. The van der Waals surface area contributed by atoms with Gasteiger partial charge in [-0.05, 0) is 151 Å². The van der Waals surface area contributed by atoms with Crippen molar-refractivity contribution in [2.24, 2.45) is 35.3 Å².